The third-order valence-electron chi connectivity index (χ3n) is 4.71. The molecule has 0 spiro atoms. The van der Waals surface area contributed by atoms with Crippen LogP contribution in [0.3, 0.4) is 0 Å². The van der Waals surface area contributed by atoms with Crippen LogP contribution >= 0.6 is 0 Å². The van der Waals surface area contributed by atoms with Gasteiger partial charge in [0.05, 0.1) is 0 Å². The first-order chi connectivity index (χ1) is 13.7. The molecule has 1 aromatic carbocycles. The van der Waals surface area contributed by atoms with Gasteiger partial charge >= 0.3 is 0 Å². The summed E-state index contributed by atoms with van der Waals surface area (Å²) >= 11 is 0. The highest BCUT2D eigenvalue weighted by Crippen LogP contribution is 2.18. The van der Waals surface area contributed by atoms with E-state index in [0.717, 1.165) is 29.5 Å². The lowest BCUT2D eigenvalue weighted by atomic mass is 10.00. The van der Waals surface area contributed by atoms with Gasteiger partial charge in [0.2, 0.25) is 5.91 Å². The first-order valence-corrected chi connectivity index (χ1v) is 9.58. The number of benzene rings is 1. The van der Waals surface area contributed by atoms with Crippen LogP contribution < -0.4 is 10.6 Å². The molecule has 2 aromatic heterocycles. The Labute approximate surface area is 166 Å². The van der Waals surface area contributed by atoms with Gasteiger partial charge in [-0.05, 0) is 60.2 Å². The Hall–Kier alpha value is -3.05. The quantitative estimate of drug-likeness (QED) is 0.604. The normalized spacial score (nSPS) is 11.8. The van der Waals surface area contributed by atoms with Crippen molar-refractivity contribution in [1.29, 1.82) is 0 Å². The fraction of sp³-hybridized carbons (Fsp3) is 0.261. The molecule has 28 heavy (non-hydrogen) atoms. The van der Waals surface area contributed by atoms with Gasteiger partial charge in [0.15, 0.2) is 0 Å². The van der Waals surface area contributed by atoms with Crippen LogP contribution in [0.5, 0.6) is 0 Å². The van der Waals surface area contributed by atoms with Crippen LogP contribution in [-0.2, 0) is 17.6 Å². The molecule has 144 valence electrons. The van der Waals surface area contributed by atoms with E-state index in [-0.39, 0.29) is 11.9 Å². The number of aromatic nitrogens is 2. The Balaban J connectivity index is 1.61. The van der Waals surface area contributed by atoms with Crippen LogP contribution in [0.15, 0.2) is 73.3 Å². The number of carbonyl (C=O) groups is 1. The van der Waals surface area contributed by atoms with Crippen molar-refractivity contribution in [2.45, 2.75) is 25.8 Å². The van der Waals surface area contributed by atoms with Crippen molar-refractivity contribution in [1.82, 2.24) is 20.6 Å². The zero-order valence-electron chi connectivity index (χ0n) is 16.1. The molecule has 0 saturated carbocycles. The summed E-state index contributed by atoms with van der Waals surface area (Å²) in [6.07, 6.45) is 8.77. The Morgan fingerprint density at radius 3 is 2.43 bits per heavy atom. The summed E-state index contributed by atoms with van der Waals surface area (Å²) in [4.78, 5) is 21.1. The second kappa shape index (κ2) is 10.3. The minimum absolute atomic E-state index is 0.00656. The lowest BCUT2D eigenvalue weighted by Crippen LogP contribution is -2.39. The van der Waals surface area contributed by atoms with Crippen molar-refractivity contribution >= 4 is 5.91 Å². The molecule has 0 aliphatic rings. The van der Waals surface area contributed by atoms with Gasteiger partial charge in [-0.1, -0.05) is 30.3 Å². The average molecular weight is 374 g/mol. The van der Waals surface area contributed by atoms with Crippen LogP contribution in [0.2, 0.25) is 0 Å². The first-order valence-electron chi connectivity index (χ1n) is 9.58. The molecule has 3 aromatic rings. The summed E-state index contributed by atoms with van der Waals surface area (Å²) in [5.74, 6) is -0.00656. The maximum atomic E-state index is 12.9. The van der Waals surface area contributed by atoms with E-state index in [1.807, 2.05) is 61.7 Å². The van der Waals surface area contributed by atoms with Crippen LogP contribution in [0.1, 0.15) is 28.3 Å². The highest BCUT2D eigenvalue weighted by Gasteiger charge is 2.21. The van der Waals surface area contributed by atoms with E-state index in [1.54, 1.807) is 18.6 Å². The van der Waals surface area contributed by atoms with Crippen LogP contribution in [0, 0.1) is 6.92 Å². The highest BCUT2D eigenvalue weighted by molar-refractivity contribution is 5.83. The molecular weight excluding hydrogens is 348 g/mol. The van der Waals surface area contributed by atoms with E-state index in [9.17, 15) is 4.79 Å². The van der Waals surface area contributed by atoms with Crippen molar-refractivity contribution < 1.29 is 4.79 Å². The van der Waals surface area contributed by atoms with Gasteiger partial charge in [-0.3, -0.25) is 14.8 Å². The topological polar surface area (TPSA) is 66.9 Å². The summed E-state index contributed by atoms with van der Waals surface area (Å²) in [5, 5.41) is 6.50. The highest BCUT2D eigenvalue weighted by atomic mass is 16.2. The predicted molar refractivity (Wildman–Crippen MR) is 111 cm³/mol. The Kier molecular flexibility index (Phi) is 7.27. The molecule has 5 heteroatoms. The van der Waals surface area contributed by atoms with E-state index >= 15 is 0 Å². The Morgan fingerprint density at radius 2 is 1.68 bits per heavy atom. The summed E-state index contributed by atoms with van der Waals surface area (Å²) in [7, 11) is 0. The maximum Gasteiger partial charge on any atom is 0.241 e. The molecule has 3 rings (SSSR count). The minimum atomic E-state index is -0.378. The molecule has 0 aliphatic carbocycles. The van der Waals surface area contributed by atoms with E-state index in [1.165, 1.54) is 5.56 Å². The Morgan fingerprint density at radius 1 is 0.893 bits per heavy atom. The summed E-state index contributed by atoms with van der Waals surface area (Å²) in [6.45, 7) is 3.33. The van der Waals surface area contributed by atoms with Crippen molar-refractivity contribution in [2.75, 3.05) is 13.1 Å². The van der Waals surface area contributed by atoms with Gasteiger partial charge in [0, 0.05) is 37.9 Å². The van der Waals surface area contributed by atoms with Crippen LogP contribution in [0.25, 0.3) is 0 Å². The number of carbonyl (C=O) groups excluding carboxylic acids is 1. The van der Waals surface area contributed by atoms with Gasteiger partial charge in [-0.25, -0.2) is 0 Å². The standard InChI is InChI=1S/C23H26N4O/c1-18-5-2-3-7-21(18)22(26-15-10-19-8-13-24-14-9-19)23(28)27-16-11-20-6-4-12-25-17-20/h2-9,12-14,17,22,26H,10-11,15-16H2,1H3,(H,27,28). The number of nitrogens with zero attached hydrogens (tertiary/aromatic N) is 2. The molecule has 1 amide bonds. The first kappa shape index (κ1) is 19.7. The molecular formula is C23H26N4O. The Bertz CT molecular complexity index is 868. The molecule has 0 bridgehead atoms. The summed E-state index contributed by atoms with van der Waals surface area (Å²) in [6, 6.07) is 15.6. The van der Waals surface area contributed by atoms with Gasteiger partial charge in [0.1, 0.15) is 6.04 Å². The molecule has 0 radical (unpaired) electrons. The second-order valence-electron chi connectivity index (χ2n) is 6.75. The molecule has 1 atom stereocenters. The third-order valence-corrected chi connectivity index (χ3v) is 4.71. The number of nitrogens with one attached hydrogen (secondary N) is 2. The number of pyridine rings is 2. The van der Waals surface area contributed by atoms with Crippen molar-refractivity contribution in [2.24, 2.45) is 0 Å². The predicted octanol–water partition coefficient (Wildman–Crippen LogP) is 3.02. The van der Waals surface area contributed by atoms with Crippen molar-refractivity contribution in [3.05, 3.63) is 95.6 Å². The van der Waals surface area contributed by atoms with Crippen molar-refractivity contribution in [3.8, 4) is 0 Å². The second-order valence-corrected chi connectivity index (χ2v) is 6.75. The minimum Gasteiger partial charge on any atom is -0.354 e. The third kappa shape index (κ3) is 5.72. The summed E-state index contributed by atoms with van der Waals surface area (Å²) < 4.78 is 0. The number of amides is 1. The van der Waals surface area contributed by atoms with E-state index < -0.39 is 0 Å². The maximum absolute atomic E-state index is 12.9. The fourth-order valence-electron chi connectivity index (χ4n) is 3.14. The number of rotatable bonds is 9. The molecule has 1 unspecified atom stereocenters. The average Bonchev–Trinajstić information content (AvgIpc) is 2.73. The number of aryl methyl sites for hydroxylation is 1. The van der Waals surface area contributed by atoms with Crippen LogP contribution in [0.4, 0.5) is 0 Å². The molecule has 5 nitrogen and oxygen atoms in total. The molecule has 0 saturated heterocycles. The largest absolute Gasteiger partial charge is 0.354 e. The number of hydrogen-bond donors (Lipinski definition) is 2. The summed E-state index contributed by atoms with van der Waals surface area (Å²) in [5.41, 5.74) is 4.42. The number of hydrogen-bond acceptors (Lipinski definition) is 4. The van der Waals surface area contributed by atoms with Gasteiger partial charge in [0.25, 0.3) is 0 Å². The van der Waals surface area contributed by atoms with E-state index in [2.05, 4.69) is 20.6 Å². The zero-order valence-corrected chi connectivity index (χ0v) is 16.1. The van der Waals surface area contributed by atoms with E-state index in [4.69, 9.17) is 0 Å². The molecule has 2 heterocycles. The molecule has 0 fully saturated rings. The molecule has 2 N–H and O–H groups in total. The van der Waals surface area contributed by atoms with Gasteiger partial charge in [-0.2, -0.15) is 0 Å². The SMILES string of the molecule is Cc1ccccc1C(NCCc1ccncc1)C(=O)NCCc1cccnc1. The molecule has 0 aliphatic heterocycles. The smallest absolute Gasteiger partial charge is 0.241 e. The lowest BCUT2D eigenvalue weighted by molar-refractivity contribution is -0.123. The zero-order chi connectivity index (χ0) is 19.6. The fourth-order valence-corrected chi connectivity index (χ4v) is 3.14. The van der Waals surface area contributed by atoms with Crippen LogP contribution in [-0.4, -0.2) is 29.0 Å². The van der Waals surface area contributed by atoms with Gasteiger partial charge in [-0.15, -0.1) is 0 Å². The monoisotopic (exact) mass is 374 g/mol. The van der Waals surface area contributed by atoms with E-state index in [0.29, 0.717) is 13.1 Å². The van der Waals surface area contributed by atoms with Crippen molar-refractivity contribution in [3.63, 3.8) is 0 Å². The van der Waals surface area contributed by atoms with Gasteiger partial charge < -0.3 is 10.6 Å². The lowest BCUT2D eigenvalue weighted by Gasteiger charge is -2.21.